The molecule has 5 aromatic rings. The number of fused-ring (bicyclic) bond motifs is 1. The third kappa shape index (κ3) is 4.61. The van der Waals surface area contributed by atoms with Gasteiger partial charge in [-0.15, -0.1) is 11.3 Å². The summed E-state index contributed by atoms with van der Waals surface area (Å²) >= 11 is 1.29. The van der Waals surface area contributed by atoms with Gasteiger partial charge in [0.2, 0.25) is 0 Å². The van der Waals surface area contributed by atoms with E-state index in [1.54, 1.807) is 14.2 Å². The first-order valence-electron chi connectivity index (χ1n) is 11.8. The zero-order chi connectivity index (χ0) is 26.1. The Labute approximate surface area is 219 Å². The number of aromatic nitrogens is 1. The average Bonchev–Trinajstić information content (AvgIpc) is 3.26. The lowest BCUT2D eigenvalue weighted by Crippen LogP contribution is -2.11. The van der Waals surface area contributed by atoms with E-state index in [1.165, 1.54) is 11.3 Å². The number of para-hydroxylation sites is 1. The Morgan fingerprint density at radius 3 is 2.38 bits per heavy atom. The topological polar surface area (TPSA) is 86.5 Å². The normalized spacial score (nSPS) is 10.9. The number of anilines is 2. The SMILES string of the molecule is COc1ccc(-c2cc(-c3cc(C)ccc3C)nc3sc(C(=O)Nc4ccccc4)c(N)c23)cc1OC. The van der Waals surface area contributed by atoms with Gasteiger partial charge >= 0.3 is 0 Å². The summed E-state index contributed by atoms with van der Waals surface area (Å²) in [4.78, 5) is 19.3. The molecule has 0 saturated heterocycles. The van der Waals surface area contributed by atoms with Crippen molar-refractivity contribution >= 4 is 38.8 Å². The fraction of sp³-hybridized carbons (Fsp3) is 0.133. The number of nitrogens with one attached hydrogen (secondary N) is 1. The summed E-state index contributed by atoms with van der Waals surface area (Å²) in [6.07, 6.45) is 0. The van der Waals surface area contributed by atoms with Crippen LogP contribution >= 0.6 is 11.3 Å². The first-order valence-corrected chi connectivity index (χ1v) is 12.6. The molecule has 1 amide bonds. The molecule has 0 saturated carbocycles. The fourth-order valence-electron chi connectivity index (χ4n) is 4.38. The molecule has 0 fully saturated rings. The first kappa shape index (κ1) is 24.3. The molecule has 0 spiro atoms. The number of ether oxygens (including phenoxy) is 2. The molecule has 2 aromatic heterocycles. The molecule has 37 heavy (non-hydrogen) atoms. The second-order valence-electron chi connectivity index (χ2n) is 8.79. The number of carbonyl (C=O) groups excluding carboxylic acids is 1. The van der Waals surface area contributed by atoms with Crippen LogP contribution in [0.2, 0.25) is 0 Å². The maximum Gasteiger partial charge on any atom is 0.267 e. The van der Waals surface area contributed by atoms with Crippen molar-refractivity contribution in [2.45, 2.75) is 13.8 Å². The molecule has 0 aliphatic rings. The minimum atomic E-state index is -0.266. The molecule has 0 aliphatic heterocycles. The number of hydrogen-bond donors (Lipinski definition) is 2. The van der Waals surface area contributed by atoms with Gasteiger partial charge in [0.15, 0.2) is 11.5 Å². The van der Waals surface area contributed by atoms with Crippen LogP contribution in [0.3, 0.4) is 0 Å². The molecule has 6 nitrogen and oxygen atoms in total. The Morgan fingerprint density at radius 1 is 0.892 bits per heavy atom. The van der Waals surface area contributed by atoms with E-state index in [0.717, 1.165) is 38.9 Å². The molecule has 3 aromatic carbocycles. The number of nitrogen functional groups attached to an aromatic ring is 1. The summed E-state index contributed by atoms with van der Waals surface area (Å²) in [5, 5.41) is 3.68. The van der Waals surface area contributed by atoms with Gasteiger partial charge in [0.25, 0.3) is 5.91 Å². The standard InChI is InChI=1S/C30H27N3O3S/c1-17-10-11-18(2)21(14-17)23-16-22(19-12-13-24(35-3)25(15-19)36-4)26-27(31)28(37-30(26)33-23)29(34)32-20-8-6-5-7-9-20/h5-16H,31H2,1-4H3,(H,32,34). The quantitative estimate of drug-likeness (QED) is 0.255. The summed E-state index contributed by atoms with van der Waals surface area (Å²) in [6, 6.07) is 23.4. The number of carbonyl (C=O) groups is 1. The van der Waals surface area contributed by atoms with Crippen LogP contribution in [-0.4, -0.2) is 25.1 Å². The van der Waals surface area contributed by atoms with Crippen molar-refractivity contribution in [1.29, 1.82) is 0 Å². The van der Waals surface area contributed by atoms with Crippen LogP contribution in [0.5, 0.6) is 11.5 Å². The molecule has 0 atom stereocenters. The second-order valence-corrected chi connectivity index (χ2v) is 9.79. The Morgan fingerprint density at radius 2 is 1.65 bits per heavy atom. The van der Waals surface area contributed by atoms with E-state index >= 15 is 0 Å². The number of rotatable bonds is 6. The highest BCUT2D eigenvalue weighted by Crippen LogP contribution is 2.43. The van der Waals surface area contributed by atoms with Gasteiger partial charge in [-0.05, 0) is 66.9 Å². The minimum absolute atomic E-state index is 0.266. The second kappa shape index (κ2) is 9.95. The van der Waals surface area contributed by atoms with Crippen LogP contribution in [0.4, 0.5) is 11.4 Å². The summed E-state index contributed by atoms with van der Waals surface area (Å²) in [7, 11) is 3.21. The molecule has 0 bridgehead atoms. The first-order chi connectivity index (χ1) is 17.9. The number of nitrogens with two attached hydrogens (primary N) is 1. The summed E-state index contributed by atoms with van der Waals surface area (Å²) in [5.74, 6) is 0.972. The van der Waals surface area contributed by atoms with Gasteiger partial charge < -0.3 is 20.5 Å². The number of hydrogen-bond acceptors (Lipinski definition) is 6. The highest BCUT2D eigenvalue weighted by molar-refractivity contribution is 7.21. The maximum absolute atomic E-state index is 13.2. The highest BCUT2D eigenvalue weighted by atomic mass is 32.1. The van der Waals surface area contributed by atoms with Gasteiger partial charge in [-0.3, -0.25) is 4.79 Å². The van der Waals surface area contributed by atoms with Crippen LogP contribution in [0.15, 0.2) is 72.8 Å². The van der Waals surface area contributed by atoms with Gasteiger partial charge in [0.1, 0.15) is 9.71 Å². The van der Waals surface area contributed by atoms with E-state index in [1.807, 2.05) is 54.6 Å². The molecule has 186 valence electrons. The van der Waals surface area contributed by atoms with Crippen molar-refractivity contribution in [3.05, 3.63) is 88.8 Å². The number of thiophene rings is 1. The van der Waals surface area contributed by atoms with Crippen LogP contribution < -0.4 is 20.5 Å². The summed E-state index contributed by atoms with van der Waals surface area (Å²) in [5.41, 5.74) is 13.6. The predicted molar refractivity (Wildman–Crippen MR) is 152 cm³/mol. The van der Waals surface area contributed by atoms with Crippen LogP contribution in [0.1, 0.15) is 20.8 Å². The van der Waals surface area contributed by atoms with E-state index in [4.69, 9.17) is 20.2 Å². The van der Waals surface area contributed by atoms with Gasteiger partial charge in [-0.25, -0.2) is 4.98 Å². The van der Waals surface area contributed by atoms with Crippen molar-refractivity contribution in [2.24, 2.45) is 0 Å². The van der Waals surface area contributed by atoms with E-state index in [-0.39, 0.29) is 5.91 Å². The number of methoxy groups -OCH3 is 2. The van der Waals surface area contributed by atoms with Crippen molar-refractivity contribution < 1.29 is 14.3 Å². The van der Waals surface area contributed by atoms with Crippen LogP contribution in [-0.2, 0) is 0 Å². The molecule has 0 radical (unpaired) electrons. The fourth-order valence-corrected chi connectivity index (χ4v) is 5.40. The Kier molecular flexibility index (Phi) is 6.54. The molecular weight excluding hydrogens is 482 g/mol. The van der Waals surface area contributed by atoms with E-state index < -0.39 is 0 Å². The highest BCUT2D eigenvalue weighted by Gasteiger charge is 2.23. The third-order valence-corrected chi connectivity index (χ3v) is 7.40. The number of pyridine rings is 1. The summed E-state index contributed by atoms with van der Waals surface area (Å²) in [6.45, 7) is 4.13. The van der Waals surface area contributed by atoms with Gasteiger partial charge in [0, 0.05) is 16.6 Å². The van der Waals surface area contributed by atoms with E-state index in [0.29, 0.717) is 32.6 Å². The lowest BCUT2D eigenvalue weighted by Gasteiger charge is -2.13. The van der Waals surface area contributed by atoms with Crippen molar-refractivity contribution in [3.8, 4) is 33.9 Å². The zero-order valence-electron chi connectivity index (χ0n) is 21.1. The summed E-state index contributed by atoms with van der Waals surface area (Å²) < 4.78 is 11.0. The third-order valence-electron chi connectivity index (χ3n) is 6.30. The Hall–Kier alpha value is -4.36. The van der Waals surface area contributed by atoms with E-state index in [9.17, 15) is 4.79 Å². The number of benzene rings is 3. The molecule has 3 N–H and O–H groups in total. The maximum atomic E-state index is 13.2. The largest absolute Gasteiger partial charge is 0.493 e. The Balaban J connectivity index is 1.74. The van der Waals surface area contributed by atoms with Crippen LogP contribution in [0.25, 0.3) is 32.6 Å². The smallest absolute Gasteiger partial charge is 0.267 e. The number of nitrogens with zero attached hydrogens (tertiary/aromatic N) is 1. The molecular formula is C30H27N3O3S. The molecule has 2 heterocycles. The van der Waals surface area contributed by atoms with Gasteiger partial charge in [-0.1, -0.05) is 42.0 Å². The van der Waals surface area contributed by atoms with Gasteiger partial charge in [0.05, 0.1) is 25.6 Å². The van der Waals surface area contributed by atoms with Gasteiger partial charge in [-0.2, -0.15) is 0 Å². The van der Waals surface area contributed by atoms with Crippen LogP contribution in [0, 0.1) is 13.8 Å². The Bertz CT molecular complexity index is 1630. The predicted octanol–water partition coefficient (Wildman–Crippen LogP) is 7.10. The van der Waals surface area contributed by atoms with Crippen molar-refractivity contribution in [3.63, 3.8) is 0 Å². The molecule has 5 rings (SSSR count). The molecule has 0 unspecified atom stereocenters. The number of aryl methyl sites for hydroxylation is 2. The minimum Gasteiger partial charge on any atom is -0.493 e. The van der Waals surface area contributed by atoms with Crippen molar-refractivity contribution in [2.75, 3.05) is 25.3 Å². The number of amides is 1. The monoisotopic (exact) mass is 509 g/mol. The average molecular weight is 510 g/mol. The lowest BCUT2D eigenvalue weighted by atomic mass is 9.96. The molecule has 7 heteroatoms. The lowest BCUT2D eigenvalue weighted by molar-refractivity contribution is 0.103. The van der Waals surface area contributed by atoms with E-state index in [2.05, 4.69) is 37.4 Å². The molecule has 0 aliphatic carbocycles. The zero-order valence-corrected chi connectivity index (χ0v) is 21.9. The van der Waals surface area contributed by atoms with Crippen molar-refractivity contribution in [1.82, 2.24) is 4.98 Å².